The van der Waals surface area contributed by atoms with Crippen LogP contribution in [0.2, 0.25) is 0 Å². The zero-order valence-corrected chi connectivity index (χ0v) is 11.1. The molecule has 0 fully saturated rings. The minimum atomic E-state index is 0.182. The van der Waals surface area contributed by atoms with E-state index in [-0.39, 0.29) is 6.04 Å². The molecule has 0 aliphatic carbocycles. The molecule has 98 valence electrons. The van der Waals surface area contributed by atoms with Crippen LogP contribution in [0.4, 0.5) is 5.69 Å². The minimum Gasteiger partial charge on any atom is -0.497 e. The molecule has 1 aliphatic heterocycles. The molecule has 1 N–H and O–H groups in total. The maximum atomic E-state index is 5.83. The molecule has 1 aliphatic rings. The Bertz CT molecular complexity index is 578. The van der Waals surface area contributed by atoms with Gasteiger partial charge in [-0.15, -0.1) is 0 Å². The van der Waals surface area contributed by atoms with Gasteiger partial charge in [-0.05, 0) is 42.3 Å². The van der Waals surface area contributed by atoms with Crippen molar-refractivity contribution in [1.82, 2.24) is 0 Å². The van der Waals surface area contributed by atoms with Crippen molar-refractivity contribution in [3.05, 3.63) is 53.6 Å². The van der Waals surface area contributed by atoms with E-state index in [9.17, 15) is 0 Å². The molecule has 19 heavy (non-hydrogen) atoms. The van der Waals surface area contributed by atoms with Crippen molar-refractivity contribution in [1.29, 1.82) is 0 Å². The first-order chi connectivity index (χ1) is 9.26. The van der Waals surface area contributed by atoms with Crippen molar-refractivity contribution in [3.63, 3.8) is 0 Å². The third-order valence-corrected chi connectivity index (χ3v) is 3.39. The molecule has 1 atom stereocenters. The Morgan fingerprint density at radius 2 is 1.95 bits per heavy atom. The number of anilines is 1. The molecule has 3 heteroatoms. The molecule has 0 saturated carbocycles. The van der Waals surface area contributed by atoms with Gasteiger partial charge in [0.15, 0.2) is 0 Å². The highest BCUT2D eigenvalue weighted by Crippen LogP contribution is 2.34. The Labute approximate surface area is 113 Å². The Hall–Kier alpha value is -2.16. The van der Waals surface area contributed by atoms with E-state index in [2.05, 4.69) is 42.6 Å². The topological polar surface area (TPSA) is 30.5 Å². The SMILES string of the molecule is COc1ccc([C@H]2COc3cc(C)ccc3N2)cc1. The predicted molar refractivity (Wildman–Crippen MR) is 76.0 cm³/mol. The molecule has 0 bridgehead atoms. The van der Waals surface area contributed by atoms with Gasteiger partial charge in [0.05, 0.1) is 18.8 Å². The van der Waals surface area contributed by atoms with Gasteiger partial charge in [-0.1, -0.05) is 18.2 Å². The lowest BCUT2D eigenvalue weighted by Crippen LogP contribution is -2.23. The Morgan fingerprint density at radius 1 is 1.16 bits per heavy atom. The molecule has 3 nitrogen and oxygen atoms in total. The zero-order chi connectivity index (χ0) is 13.2. The fourth-order valence-corrected chi connectivity index (χ4v) is 2.29. The number of rotatable bonds is 2. The maximum absolute atomic E-state index is 5.83. The van der Waals surface area contributed by atoms with Gasteiger partial charge in [0.1, 0.15) is 18.1 Å². The summed E-state index contributed by atoms with van der Waals surface area (Å²) in [7, 11) is 1.68. The lowest BCUT2D eigenvalue weighted by Gasteiger charge is -2.28. The van der Waals surface area contributed by atoms with Gasteiger partial charge in [-0.3, -0.25) is 0 Å². The molecular weight excluding hydrogens is 238 g/mol. The fraction of sp³-hybridized carbons (Fsp3) is 0.250. The quantitative estimate of drug-likeness (QED) is 0.890. The van der Waals surface area contributed by atoms with Gasteiger partial charge in [0.25, 0.3) is 0 Å². The van der Waals surface area contributed by atoms with Gasteiger partial charge >= 0.3 is 0 Å². The highest BCUT2D eigenvalue weighted by Gasteiger charge is 2.20. The minimum absolute atomic E-state index is 0.182. The van der Waals surface area contributed by atoms with E-state index in [0.717, 1.165) is 17.2 Å². The maximum Gasteiger partial charge on any atom is 0.142 e. The third-order valence-electron chi connectivity index (χ3n) is 3.39. The second-order valence-corrected chi connectivity index (χ2v) is 4.78. The summed E-state index contributed by atoms with van der Waals surface area (Å²) in [4.78, 5) is 0. The number of hydrogen-bond donors (Lipinski definition) is 1. The zero-order valence-electron chi connectivity index (χ0n) is 11.1. The molecular formula is C16H17NO2. The van der Waals surface area contributed by atoms with Crippen LogP contribution < -0.4 is 14.8 Å². The van der Waals surface area contributed by atoms with Gasteiger partial charge in [-0.2, -0.15) is 0 Å². The van der Waals surface area contributed by atoms with Crippen LogP contribution in [0.3, 0.4) is 0 Å². The van der Waals surface area contributed by atoms with E-state index in [4.69, 9.17) is 9.47 Å². The van der Waals surface area contributed by atoms with Gasteiger partial charge in [-0.25, -0.2) is 0 Å². The first kappa shape index (κ1) is 11.9. The normalized spacial score (nSPS) is 17.1. The number of nitrogens with one attached hydrogen (secondary N) is 1. The van der Waals surface area contributed by atoms with Crippen LogP contribution in [0.25, 0.3) is 0 Å². The van der Waals surface area contributed by atoms with Crippen LogP contribution in [0, 0.1) is 6.92 Å². The second kappa shape index (κ2) is 4.84. The number of hydrogen-bond acceptors (Lipinski definition) is 3. The molecule has 0 saturated heterocycles. The number of aryl methyl sites for hydroxylation is 1. The van der Waals surface area contributed by atoms with Crippen LogP contribution in [0.5, 0.6) is 11.5 Å². The van der Waals surface area contributed by atoms with Crippen molar-refractivity contribution in [2.45, 2.75) is 13.0 Å². The summed E-state index contributed by atoms with van der Waals surface area (Å²) in [5.41, 5.74) is 3.47. The van der Waals surface area contributed by atoms with Crippen LogP contribution >= 0.6 is 0 Å². The van der Waals surface area contributed by atoms with E-state index < -0.39 is 0 Å². The second-order valence-electron chi connectivity index (χ2n) is 4.78. The van der Waals surface area contributed by atoms with Gasteiger partial charge in [0, 0.05) is 0 Å². The highest BCUT2D eigenvalue weighted by molar-refractivity contribution is 5.60. The first-order valence-corrected chi connectivity index (χ1v) is 6.40. The number of fused-ring (bicyclic) bond motifs is 1. The molecule has 1 heterocycles. The van der Waals surface area contributed by atoms with E-state index in [1.54, 1.807) is 7.11 Å². The van der Waals surface area contributed by atoms with E-state index in [1.165, 1.54) is 11.1 Å². The summed E-state index contributed by atoms with van der Waals surface area (Å²) < 4.78 is 11.0. The number of benzene rings is 2. The molecule has 2 aromatic carbocycles. The van der Waals surface area contributed by atoms with Gasteiger partial charge < -0.3 is 14.8 Å². The van der Waals surface area contributed by atoms with Crippen molar-refractivity contribution in [2.75, 3.05) is 19.0 Å². The van der Waals surface area contributed by atoms with Crippen LogP contribution in [-0.2, 0) is 0 Å². The first-order valence-electron chi connectivity index (χ1n) is 6.40. The van der Waals surface area contributed by atoms with Crippen LogP contribution in [-0.4, -0.2) is 13.7 Å². The van der Waals surface area contributed by atoms with Crippen LogP contribution in [0.15, 0.2) is 42.5 Å². The van der Waals surface area contributed by atoms with Crippen molar-refractivity contribution in [2.24, 2.45) is 0 Å². The third kappa shape index (κ3) is 2.36. The Morgan fingerprint density at radius 3 is 2.68 bits per heavy atom. The summed E-state index contributed by atoms with van der Waals surface area (Å²) in [6.07, 6.45) is 0. The number of ether oxygens (including phenoxy) is 2. The van der Waals surface area contributed by atoms with Gasteiger partial charge in [0.2, 0.25) is 0 Å². The summed E-state index contributed by atoms with van der Waals surface area (Å²) in [6, 6.07) is 14.5. The molecule has 0 aromatic heterocycles. The average molecular weight is 255 g/mol. The molecule has 2 aromatic rings. The molecule has 3 rings (SSSR count). The summed E-state index contributed by atoms with van der Waals surface area (Å²) in [6.45, 7) is 2.71. The lowest BCUT2D eigenvalue weighted by atomic mass is 10.1. The molecule has 0 radical (unpaired) electrons. The summed E-state index contributed by atoms with van der Waals surface area (Å²) in [5, 5.41) is 3.51. The highest BCUT2D eigenvalue weighted by atomic mass is 16.5. The van der Waals surface area contributed by atoms with Crippen molar-refractivity contribution in [3.8, 4) is 11.5 Å². The molecule has 0 amide bonds. The largest absolute Gasteiger partial charge is 0.497 e. The fourth-order valence-electron chi connectivity index (χ4n) is 2.29. The molecule has 0 spiro atoms. The Balaban J connectivity index is 1.82. The monoisotopic (exact) mass is 255 g/mol. The van der Waals surface area contributed by atoms with E-state index in [0.29, 0.717) is 6.61 Å². The Kier molecular flexibility index (Phi) is 3.03. The molecule has 0 unspecified atom stereocenters. The summed E-state index contributed by atoms with van der Waals surface area (Å²) >= 11 is 0. The lowest BCUT2D eigenvalue weighted by molar-refractivity contribution is 0.286. The van der Waals surface area contributed by atoms with Crippen LogP contribution in [0.1, 0.15) is 17.2 Å². The van der Waals surface area contributed by atoms with Crippen molar-refractivity contribution >= 4 is 5.69 Å². The van der Waals surface area contributed by atoms with Crippen molar-refractivity contribution < 1.29 is 9.47 Å². The predicted octanol–water partition coefficient (Wildman–Crippen LogP) is 3.55. The van der Waals surface area contributed by atoms with E-state index >= 15 is 0 Å². The average Bonchev–Trinajstić information content (AvgIpc) is 2.47. The van der Waals surface area contributed by atoms with E-state index in [1.807, 2.05) is 12.1 Å². The smallest absolute Gasteiger partial charge is 0.142 e. The standard InChI is InChI=1S/C16H17NO2/c1-11-3-8-14-16(9-11)19-10-15(17-14)12-4-6-13(18-2)7-5-12/h3-9,15,17H,10H2,1-2H3/t15-/m1/s1. The summed E-state index contributed by atoms with van der Waals surface area (Å²) in [5.74, 6) is 1.81. The number of methoxy groups -OCH3 is 1.